The minimum atomic E-state index is -2.99. The second kappa shape index (κ2) is 4.32. The number of aryl methyl sites for hydroxylation is 1. The normalized spacial score (nSPS) is 26.8. The Kier molecular flexibility index (Phi) is 3.03. The molecule has 3 rings (SSSR count). The third-order valence-corrected chi connectivity index (χ3v) is 4.35. The lowest BCUT2D eigenvalue weighted by Gasteiger charge is -2.19. The van der Waals surface area contributed by atoms with Gasteiger partial charge < -0.3 is 9.50 Å². The lowest BCUT2D eigenvalue weighted by Crippen LogP contribution is -2.25. The molecule has 2 aliphatic heterocycles. The summed E-state index contributed by atoms with van der Waals surface area (Å²) in [5.74, 6) is 0.267. The largest absolute Gasteiger partial charge is 0.398 e. The van der Waals surface area contributed by atoms with Crippen molar-refractivity contribution >= 4 is 21.3 Å². The van der Waals surface area contributed by atoms with Gasteiger partial charge in [-0.25, -0.2) is 0 Å². The number of alkyl halides is 2. The Hall–Kier alpha value is -0.390. The van der Waals surface area contributed by atoms with E-state index in [0.29, 0.717) is 0 Å². The van der Waals surface area contributed by atoms with E-state index in [1.807, 2.05) is 4.68 Å². The summed E-state index contributed by atoms with van der Waals surface area (Å²) in [5.41, 5.74) is 1.23. The van der Waals surface area contributed by atoms with Crippen LogP contribution in [0.5, 0.6) is 5.88 Å². The molecule has 3 heterocycles. The van der Waals surface area contributed by atoms with Gasteiger partial charge >= 0.3 is 5.00 Å². The van der Waals surface area contributed by atoms with Crippen LogP contribution in [0.3, 0.4) is 0 Å². The maximum atomic E-state index is 12.7. The lowest BCUT2D eigenvalue weighted by molar-refractivity contribution is 0.203. The molecule has 2 aliphatic rings. The number of hydrogen-bond donors (Lipinski definition) is 1. The molecule has 0 saturated carbocycles. The maximum absolute atomic E-state index is 12.7. The van der Waals surface area contributed by atoms with Gasteiger partial charge in [0.15, 0.2) is 0 Å². The van der Waals surface area contributed by atoms with Crippen molar-refractivity contribution in [2.24, 2.45) is 0 Å². The van der Waals surface area contributed by atoms with Gasteiger partial charge in [-0.1, -0.05) is 0 Å². The molecule has 0 bridgehead atoms. The number of nitrogens with one attached hydrogen (secondary N) is 1. The van der Waals surface area contributed by atoms with Crippen LogP contribution >= 0.6 is 21.3 Å². The van der Waals surface area contributed by atoms with Gasteiger partial charge in [-0.2, -0.15) is 8.78 Å². The van der Waals surface area contributed by atoms with Crippen molar-refractivity contribution in [1.29, 1.82) is 0 Å². The Morgan fingerprint density at radius 2 is 2.39 bits per heavy atom. The fourth-order valence-corrected chi connectivity index (χ4v) is 3.18. The molecule has 18 heavy (non-hydrogen) atoms. The van der Waals surface area contributed by atoms with Gasteiger partial charge in [-0.05, 0) is 28.6 Å². The van der Waals surface area contributed by atoms with E-state index in [1.54, 1.807) is 6.07 Å². The standard InChI is InChI=1S/C10H14F2N3OPS/c11-10(12,17)18-16-8-5-7-9(1-3-13-6-9)2-4-15(7)14-8/h5,13H,1-4,6,17H2. The highest BCUT2D eigenvalue weighted by Crippen LogP contribution is 2.42. The van der Waals surface area contributed by atoms with Gasteiger partial charge in [-0.3, -0.25) is 4.68 Å². The summed E-state index contributed by atoms with van der Waals surface area (Å²) in [6.07, 6.45) is 2.14. The van der Waals surface area contributed by atoms with E-state index >= 15 is 0 Å². The van der Waals surface area contributed by atoms with Gasteiger partial charge in [0.1, 0.15) is 12.0 Å². The molecule has 0 amide bonds. The van der Waals surface area contributed by atoms with Gasteiger partial charge in [0.05, 0.1) is 0 Å². The van der Waals surface area contributed by atoms with Crippen molar-refractivity contribution in [2.75, 3.05) is 13.1 Å². The second-order valence-corrected chi connectivity index (χ2v) is 6.80. The van der Waals surface area contributed by atoms with E-state index in [1.165, 1.54) is 9.24 Å². The summed E-state index contributed by atoms with van der Waals surface area (Å²) in [7, 11) is 1.43. The Morgan fingerprint density at radius 3 is 3.06 bits per heavy atom. The lowest BCUT2D eigenvalue weighted by atomic mass is 9.83. The smallest absolute Gasteiger partial charge is 0.338 e. The van der Waals surface area contributed by atoms with E-state index in [-0.39, 0.29) is 23.3 Å². The van der Waals surface area contributed by atoms with Crippen LogP contribution in [0.15, 0.2) is 6.07 Å². The number of fused-ring (bicyclic) bond motifs is 2. The number of rotatable bonds is 3. The first-order chi connectivity index (χ1) is 8.49. The second-order valence-electron chi connectivity index (χ2n) is 4.78. The van der Waals surface area contributed by atoms with Crippen LogP contribution in [0.2, 0.25) is 0 Å². The molecule has 0 aromatic carbocycles. The van der Waals surface area contributed by atoms with Crippen molar-refractivity contribution in [3.05, 3.63) is 11.8 Å². The summed E-state index contributed by atoms with van der Waals surface area (Å²) in [6.45, 7) is 2.77. The van der Waals surface area contributed by atoms with Crippen molar-refractivity contribution in [3.63, 3.8) is 0 Å². The molecular formula is C10H14F2N3OPS. The molecule has 1 aromatic rings. The molecule has 1 saturated heterocycles. The van der Waals surface area contributed by atoms with E-state index < -0.39 is 5.00 Å². The number of nitrogens with zero attached hydrogens (tertiary/aromatic N) is 2. The van der Waals surface area contributed by atoms with Crippen LogP contribution in [-0.4, -0.2) is 27.9 Å². The summed E-state index contributed by atoms with van der Waals surface area (Å²) < 4.78 is 32.2. The minimum absolute atomic E-state index is 0.112. The molecule has 4 nitrogen and oxygen atoms in total. The third kappa shape index (κ3) is 2.24. The van der Waals surface area contributed by atoms with Gasteiger partial charge in [0, 0.05) is 30.3 Å². The zero-order chi connectivity index (χ0) is 12.8. The van der Waals surface area contributed by atoms with Crippen LogP contribution in [0.4, 0.5) is 8.78 Å². The van der Waals surface area contributed by atoms with Crippen molar-refractivity contribution < 1.29 is 13.0 Å². The third-order valence-electron chi connectivity index (χ3n) is 3.58. The van der Waals surface area contributed by atoms with Crippen LogP contribution < -0.4 is 9.50 Å². The Bertz CT molecular complexity index is 456. The Labute approximate surface area is 110 Å². The van der Waals surface area contributed by atoms with Crippen LogP contribution in [-0.2, 0) is 12.0 Å². The predicted molar refractivity (Wildman–Crippen MR) is 68.9 cm³/mol. The highest BCUT2D eigenvalue weighted by Gasteiger charge is 2.43. The molecular weight excluding hydrogens is 279 g/mol. The molecule has 0 radical (unpaired) electrons. The summed E-state index contributed by atoms with van der Waals surface area (Å²) in [4.78, 5) is -2.99. The molecule has 2 atom stereocenters. The zero-order valence-electron chi connectivity index (χ0n) is 9.66. The van der Waals surface area contributed by atoms with E-state index in [0.717, 1.165) is 38.2 Å². The first-order valence-corrected chi connectivity index (χ1v) is 7.12. The average molecular weight is 293 g/mol. The fourth-order valence-electron chi connectivity index (χ4n) is 2.75. The first kappa shape index (κ1) is 12.6. The summed E-state index contributed by atoms with van der Waals surface area (Å²) in [5, 5.41) is 7.57. The monoisotopic (exact) mass is 293 g/mol. The van der Waals surface area contributed by atoms with E-state index in [2.05, 4.69) is 10.4 Å². The van der Waals surface area contributed by atoms with Gasteiger partial charge in [-0.15, -0.1) is 5.10 Å². The van der Waals surface area contributed by atoms with Crippen molar-refractivity contribution in [2.45, 2.75) is 29.8 Å². The predicted octanol–water partition coefficient (Wildman–Crippen LogP) is 1.97. The van der Waals surface area contributed by atoms with E-state index in [9.17, 15) is 8.78 Å². The number of aromatic nitrogens is 2. The molecule has 8 heteroatoms. The van der Waals surface area contributed by atoms with Crippen molar-refractivity contribution in [1.82, 2.24) is 15.1 Å². The molecule has 1 N–H and O–H groups in total. The van der Waals surface area contributed by atoms with Crippen LogP contribution in [0.1, 0.15) is 18.5 Å². The summed E-state index contributed by atoms with van der Waals surface area (Å²) in [6, 6.07) is 1.80. The molecule has 1 aromatic heterocycles. The molecule has 1 fully saturated rings. The quantitative estimate of drug-likeness (QED) is 0.683. The van der Waals surface area contributed by atoms with Crippen LogP contribution in [0.25, 0.3) is 0 Å². The number of hydrogen-bond acceptors (Lipinski definition) is 4. The first-order valence-electron chi connectivity index (χ1n) is 5.80. The Balaban J connectivity index is 1.77. The topological polar surface area (TPSA) is 39.1 Å². The molecule has 1 spiro atoms. The molecule has 0 aliphatic carbocycles. The Morgan fingerprint density at radius 1 is 1.56 bits per heavy atom. The molecule has 2 unspecified atom stereocenters. The van der Waals surface area contributed by atoms with Gasteiger partial charge in [0.2, 0.25) is 5.88 Å². The SMILES string of the molecule is FC(F)(P)SOc1cc2n(n1)CCC21CCNC1. The number of halogens is 2. The maximum Gasteiger partial charge on any atom is 0.338 e. The van der Waals surface area contributed by atoms with Crippen molar-refractivity contribution in [3.8, 4) is 5.88 Å². The zero-order valence-corrected chi connectivity index (χ0v) is 11.6. The highest BCUT2D eigenvalue weighted by atomic mass is 32.2. The average Bonchev–Trinajstić information content (AvgIpc) is 2.96. The summed E-state index contributed by atoms with van der Waals surface area (Å²) >= 11 is 0.112. The highest BCUT2D eigenvalue weighted by molar-refractivity contribution is 7.99. The minimum Gasteiger partial charge on any atom is -0.398 e. The van der Waals surface area contributed by atoms with Gasteiger partial charge in [0.25, 0.3) is 0 Å². The molecule has 100 valence electrons. The van der Waals surface area contributed by atoms with E-state index in [4.69, 9.17) is 4.18 Å². The fraction of sp³-hybridized carbons (Fsp3) is 0.700. The van der Waals surface area contributed by atoms with Crippen LogP contribution in [0, 0.1) is 0 Å².